The fourth-order valence-corrected chi connectivity index (χ4v) is 2.71. The highest BCUT2D eigenvalue weighted by Crippen LogP contribution is 2.34. The minimum absolute atomic E-state index is 0.00707. The Morgan fingerprint density at radius 3 is 2.84 bits per heavy atom. The first-order chi connectivity index (χ1) is 11.9. The number of carbonyl (C=O) groups excluding carboxylic acids is 2. The van der Waals surface area contributed by atoms with Crippen LogP contribution in [0.3, 0.4) is 0 Å². The van der Waals surface area contributed by atoms with Gasteiger partial charge in [-0.25, -0.2) is 0 Å². The predicted molar refractivity (Wildman–Crippen MR) is 96.2 cm³/mol. The van der Waals surface area contributed by atoms with Crippen molar-refractivity contribution < 1.29 is 19.1 Å². The molecule has 0 radical (unpaired) electrons. The van der Waals surface area contributed by atoms with E-state index in [4.69, 9.17) is 9.47 Å². The molecule has 1 aliphatic heterocycles. The molecule has 1 aromatic carbocycles. The summed E-state index contributed by atoms with van der Waals surface area (Å²) in [5.41, 5.74) is 1.37. The lowest BCUT2D eigenvalue weighted by Crippen LogP contribution is -2.44. The van der Waals surface area contributed by atoms with E-state index in [0.717, 1.165) is 11.4 Å². The Morgan fingerprint density at radius 1 is 1.40 bits per heavy atom. The number of anilines is 1. The monoisotopic (exact) mass is 349 g/mol. The topological polar surface area (TPSA) is 79.9 Å². The standard InChI is InChI=1S/C18H27N3O4/c1-12(2)20-17(22)10-14-11-25-16-6-5-13(9-15(16)21(14)3)18(23)19-7-8-24-4/h5-6,9,12,14H,7-8,10-11H2,1-4H3,(H,19,23)(H,20,22). The molecule has 0 saturated heterocycles. The third kappa shape index (κ3) is 5.09. The molecule has 2 rings (SSSR count). The van der Waals surface area contributed by atoms with Crippen LogP contribution in [0.25, 0.3) is 0 Å². The molecule has 0 spiro atoms. The molecule has 2 amide bonds. The van der Waals surface area contributed by atoms with E-state index in [1.54, 1.807) is 25.3 Å². The zero-order chi connectivity index (χ0) is 18.4. The second kappa shape index (κ2) is 8.71. The second-order valence-corrected chi connectivity index (χ2v) is 6.43. The highest BCUT2D eigenvalue weighted by Gasteiger charge is 2.27. The molecule has 1 atom stereocenters. The van der Waals surface area contributed by atoms with Gasteiger partial charge < -0.3 is 25.0 Å². The van der Waals surface area contributed by atoms with Crippen molar-refractivity contribution in [2.45, 2.75) is 32.4 Å². The van der Waals surface area contributed by atoms with Crippen molar-refractivity contribution in [3.8, 4) is 5.75 Å². The number of hydrogen-bond donors (Lipinski definition) is 2. The molecule has 0 saturated carbocycles. The number of likely N-dealkylation sites (N-methyl/N-ethyl adjacent to an activating group) is 1. The zero-order valence-corrected chi connectivity index (χ0v) is 15.3. The summed E-state index contributed by atoms with van der Waals surface area (Å²) in [5.74, 6) is 0.553. The van der Waals surface area contributed by atoms with E-state index in [9.17, 15) is 9.59 Å². The van der Waals surface area contributed by atoms with Crippen LogP contribution in [0.5, 0.6) is 5.75 Å². The van der Waals surface area contributed by atoms with E-state index in [0.29, 0.717) is 31.7 Å². The van der Waals surface area contributed by atoms with Crippen LogP contribution in [0.15, 0.2) is 18.2 Å². The highest BCUT2D eigenvalue weighted by atomic mass is 16.5. The van der Waals surface area contributed by atoms with Gasteiger partial charge in [0.25, 0.3) is 5.91 Å². The van der Waals surface area contributed by atoms with Crippen LogP contribution >= 0.6 is 0 Å². The number of nitrogens with zero attached hydrogens (tertiary/aromatic N) is 1. The lowest BCUT2D eigenvalue weighted by molar-refractivity contribution is -0.122. The Hall–Kier alpha value is -2.28. The fraction of sp³-hybridized carbons (Fsp3) is 0.556. The quantitative estimate of drug-likeness (QED) is 0.723. The van der Waals surface area contributed by atoms with Gasteiger partial charge in [0.1, 0.15) is 12.4 Å². The molecule has 138 valence electrons. The summed E-state index contributed by atoms with van der Waals surface area (Å²) >= 11 is 0. The Kier molecular flexibility index (Phi) is 6.64. The van der Waals surface area contributed by atoms with Gasteiger partial charge in [-0.15, -0.1) is 0 Å². The van der Waals surface area contributed by atoms with Gasteiger partial charge in [0, 0.05) is 32.3 Å². The maximum Gasteiger partial charge on any atom is 0.251 e. The van der Waals surface area contributed by atoms with Crippen LogP contribution in [0.4, 0.5) is 5.69 Å². The van der Waals surface area contributed by atoms with Gasteiger partial charge in [-0.05, 0) is 32.0 Å². The lowest BCUT2D eigenvalue weighted by Gasteiger charge is -2.35. The molecular weight excluding hydrogens is 322 g/mol. The maximum atomic E-state index is 12.2. The zero-order valence-electron chi connectivity index (χ0n) is 15.3. The van der Waals surface area contributed by atoms with Crippen molar-refractivity contribution in [1.82, 2.24) is 10.6 Å². The maximum absolute atomic E-state index is 12.2. The van der Waals surface area contributed by atoms with E-state index < -0.39 is 0 Å². The van der Waals surface area contributed by atoms with Crippen molar-refractivity contribution in [3.05, 3.63) is 23.8 Å². The minimum Gasteiger partial charge on any atom is -0.489 e. The van der Waals surface area contributed by atoms with Crippen molar-refractivity contribution in [2.24, 2.45) is 0 Å². The van der Waals surface area contributed by atoms with Crippen LogP contribution in [0, 0.1) is 0 Å². The smallest absolute Gasteiger partial charge is 0.251 e. The first-order valence-electron chi connectivity index (χ1n) is 8.48. The molecule has 1 aromatic rings. The molecule has 0 bridgehead atoms. The summed E-state index contributed by atoms with van der Waals surface area (Å²) in [5, 5.41) is 5.69. The lowest BCUT2D eigenvalue weighted by atomic mass is 10.1. The Morgan fingerprint density at radius 2 is 2.16 bits per heavy atom. The minimum atomic E-state index is -0.159. The number of methoxy groups -OCH3 is 1. The SMILES string of the molecule is COCCNC(=O)c1ccc2c(c1)N(C)C(CC(=O)NC(C)C)CO2. The molecule has 0 fully saturated rings. The Balaban J connectivity index is 2.07. The first kappa shape index (κ1) is 19.1. The van der Waals surface area contributed by atoms with Gasteiger partial charge >= 0.3 is 0 Å². The molecule has 7 nitrogen and oxygen atoms in total. The third-order valence-electron chi connectivity index (χ3n) is 4.04. The van der Waals surface area contributed by atoms with E-state index in [1.807, 2.05) is 25.8 Å². The average molecular weight is 349 g/mol. The molecule has 1 unspecified atom stereocenters. The number of hydrogen-bond acceptors (Lipinski definition) is 5. The third-order valence-corrected chi connectivity index (χ3v) is 4.04. The van der Waals surface area contributed by atoms with E-state index in [-0.39, 0.29) is 23.9 Å². The van der Waals surface area contributed by atoms with Crippen LogP contribution in [0.1, 0.15) is 30.6 Å². The summed E-state index contributed by atoms with van der Waals surface area (Å²) in [6.07, 6.45) is 0.346. The summed E-state index contributed by atoms with van der Waals surface area (Å²) in [6.45, 7) is 5.23. The van der Waals surface area contributed by atoms with Crippen molar-refractivity contribution in [2.75, 3.05) is 38.8 Å². The first-order valence-corrected chi connectivity index (χ1v) is 8.48. The largest absolute Gasteiger partial charge is 0.489 e. The number of rotatable bonds is 7. The van der Waals surface area contributed by atoms with Crippen molar-refractivity contribution in [1.29, 1.82) is 0 Å². The molecule has 0 aliphatic carbocycles. The van der Waals surface area contributed by atoms with Gasteiger partial charge in [0.2, 0.25) is 5.91 Å². The van der Waals surface area contributed by atoms with E-state index in [2.05, 4.69) is 10.6 Å². The molecule has 2 N–H and O–H groups in total. The number of ether oxygens (including phenoxy) is 2. The van der Waals surface area contributed by atoms with E-state index >= 15 is 0 Å². The normalized spacial score (nSPS) is 16.2. The molecule has 0 aromatic heterocycles. The van der Waals surface area contributed by atoms with Crippen molar-refractivity contribution >= 4 is 17.5 Å². The summed E-state index contributed by atoms with van der Waals surface area (Å²) in [4.78, 5) is 26.2. The predicted octanol–water partition coefficient (Wildman–Crippen LogP) is 1.17. The number of benzene rings is 1. The second-order valence-electron chi connectivity index (χ2n) is 6.43. The van der Waals surface area contributed by atoms with E-state index in [1.165, 1.54) is 0 Å². The number of nitrogens with one attached hydrogen (secondary N) is 2. The van der Waals surface area contributed by atoms with Gasteiger partial charge in [-0.1, -0.05) is 0 Å². The van der Waals surface area contributed by atoms with Gasteiger partial charge in [-0.3, -0.25) is 9.59 Å². The van der Waals surface area contributed by atoms with Crippen LogP contribution in [-0.2, 0) is 9.53 Å². The Bertz CT molecular complexity index is 618. The van der Waals surface area contributed by atoms with Gasteiger partial charge in [0.15, 0.2) is 0 Å². The van der Waals surface area contributed by atoms with Crippen molar-refractivity contribution in [3.63, 3.8) is 0 Å². The van der Waals surface area contributed by atoms with Crippen LogP contribution in [0.2, 0.25) is 0 Å². The van der Waals surface area contributed by atoms with Crippen LogP contribution in [-0.4, -0.2) is 57.8 Å². The Labute approximate surface area is 148 Å². The molecule has 7 heteroatoms. The van der Waals surface area contributed by atoms with Crippen LogP contribution < -0.4 is 20.3 Å². The van der Waals surface area contributed by atoms with Gasteiger partial charge in [-0.2, -0.15) is 0 Å². The van der Waals surface area contributed by atoms with Gasteiger partial charge in [0.05, 0.1) is 24.8 Å². The number of carbonyl (C=O) groups is 2. The summed E-state index contributed by atoms with van der Waals surface area (Å²) in [6, 6.07) is 5.36. The highest BCUT2D eigenvalue weighted by molar-refractivity contribution is 5.95. The fourth-order valence-electron chi connectivity index (χ4n) is 2.71. The molecular formula is C18H27N3O4. The molecule has 1 heterocycles. The summed E-state index contributed by atoms with van der Waals surface area (Å²) in [7, 11) is 3.51. The summed E-state index contributed by atoms with van der Waals surface area (Å²) < 4.78 is 10.7. The number of fused-ring (bicyclic) bond motifs is 1. The number of amides is 2. The molecule has 1 aliphatic rings. The average Bonchev–Trinajstić information content (AvgIpc) is 2.56. The molecule has 25 heavy (non-hydrogen) atoms.